The minimum Gasteiger partial charge on any atom is -0.493 e. The highest BCUT2D eigenvalue weighted by Crippen LogP contribution is 2.47. The van der Waals surface area contributed by atoms with Crippen LogP contribution in [0.2, 0.25) is 0 Å². The first-order valence-corrected chi connectivity index (χ1v) is 11.2. The molecule has 178 valence electrons. The first kappa shape index (κ1) is 24.4. The van der Waals surface area contributed by atoms with E-state index in [1.165, 1.54) is 0 Å². The molecule has 0 bridgehead atoms. The molecule has 0 unspecified atom stereocenters. The van der Waals surface area contributed by atoms with Crippen molar-refractivity contribution in [3.63, 3.8) is 0 Å². The van der Waals surface area contributed by atoms with Crippen LogP contribution in [0.25, 0.3) is 11.1 Å². The van der Waals surface area contributed by atoms with E-state index in [0.717, 1.165) is 36.0 Å². The van der Waals surface area contributed by atoms with Gasteiger partial charge in [-0.3, -0.25) is 4.79 Å². The number of methoxy groups -OCH3 is 2. The largest absolute Gasteiger partial charge is 0.493 e. The molecule has 0 spiro atoms. The van der Waals surface area contributed by atoms with Gasteiger partial charge in [0.1, 0.15) is 6.61 Å². The Morgan fingerprint density at radius 2 is 1.76 bits per heavy atom. The smallest absolute Gasteiger partial charge is 0.338 e. The summed E-state index contributed by atoms with van der Waals surface area (Å²) >= 11 is 0. The molecule has 1 aliphatic heterocycles. The molecule has 2 aromatic carbocycles. The summed E-state index contributed by atoms with van der Waals surface area (Å²) in [5, 5.41) is 8.80. The van der Waals surface area contributed by atoms with Crippen LogP contribution in [-0.2, 0) is 16.1 Å². The maximum Gasteiger partial charge on any atom is 0.338 e. The molecule has 2 aromatic rings. The maximum atomic E-state index is 12.1. The molecule has 0 aliphatic carbocycles. The van der Waals surface area contributed by atoms with Crippen LogP contribution in [0.4, 0.5) is 0 Å². The molecule has 0 saturated carbocycles. The zero-order valence-corrected chi connectivity index (χ0v) is 19.7. The van der Waals surface area contributed by atoms with E-state index in [2.05, 4.69) is 13.8 Å². The van der Waals surface area contributed by atoms with Gasteiger partial charge >= 0.3 is 11.9 Å². The second kappa shape index (κ2) is 10.6. The highest BCUT2D eigenvalue weighted by Gasteiger charge is 2.28. The fourth-order valence-electron chi connectivity index (χ4n) is 4.05. The van der Waals surface area contributed by atoms with E-state index >= 15 is 0 Å². The maximum absolute atomic E-state index is 12.1. The summed E-state index contributed by atoms with van der Waals surface area (Å²) in [5.41, 5.74) is 2.93. The first-order chi connectivity index (χ1) is 15.8. The standard InChI is InChI=1S/C26H32O7/c1-26(2,14-7-5-6-11-22(27)28)16-33-23-18(12-13-21(30-3)24(23)31-4)17-9-8-10-19-20(17)15-32-25(19)29/h8-10,12-13H,5-7,11,14-16H2,1-4H3,(H,27,28). The van der Waals surface area contributed by atoms with Crippen LogP contribution in [0.1, 0.15) is 61.9 Å². The summed E-state index contributed by atoms with van der Waals surface area (Å²) in [6.07, 6.45) is 3.58. The summed E-state index contributed by atoms with van der Waals surface area (Å²) in [6, 6.07) is 9.29. The van der Waals surface area contributed by atoms with Gasteiger partial charge in [0.2, 0.25) is 5.75 Å². The summed E-state index contributed by atoms with van der Waals surface area (Å²) in [4.78, 5) is 22.8. The van der Waals surface area contributed by atoms with Crippen LogP contribution in [0.5, 0.6) is 17.2 Å². The van der Waals surface area contributed by atoms with E-state index in [4.69, 9.17) is 24.1 Å². The van der Waals surface area contributed by atoms with E-state index in [1.807, 2.05) is 24.3 Å². The summed E-state index contributed by atoms with van der Waals surface area (Å²) < 4.78 is 22.8. The summed E-state index contributed by atoms with van der Waals surface area (Å²) in [7, 11) is 3.15. The molecule has 0 fully saturated rings. The Balaban J connectivity index is 1.85. The number of unbranched alkanes of at least 4 members (excludes halogenated alkanes) is 2. The van der Waals surface area contributed by atoms with Gasteiger partial charge in [0, 0.05) is 17.5 Å². The number of esters is 1. The molecule has 0 aromatic heterocycles. The van der Waals surface area contributed by atoms with E-state index in [-0.39, 0.29) is 24.4 Å². The zero-order valence-electron chi connectivity index (χ0n) is 19.7. The number of carboxylic acids is 1. The normalized spacial score (nSPS) is 12.8. The molecule has 0 saturated heterocycles. The lowest BCUT2D eigenvalue weighted by Gasteiger charge is -2.27. The number of carbonyl (C=O) groups excluding carboxylic acids is 1. The van der Waals surface area contributed by atoms with Gasteiger partial charge in [-0.2, -0.15) is 0 Å². The van der Waals surface area contributed by atoms with Gasteiger partial charge in [0.25, 0.3) is 0 Å². The average molecular weight is 457 g/mol. The third-order valence-electron chi connectivity index (χ3n) is 5.89. The lowest BCUT2D eigenvalue weighted by Crippen LogP contribution is -2.22. The van der Waals surface area contributed by atoms with Gasteiger partial charge in [0.05, 0.1) is 26.4 Å². The van der Waals surface area contributed by atoms with Gasteiger partial charge in [-0.1, -0.05) is 38.8 Å². The lowest BCUT2D eigenvalue weighted by atomic mass is 9.87. The number of benzene rings is 2. The highest BCUT2D eigenvalue weighted by molar-refractivity contribution is 5.96. The SMILES string of the molecule is COc1ccc(-c2cccc3c2COC3=O)c(OCC(C)(C)CCCCCC(=O)O)c1OC. The van der Waals surface area contributed by atoms with Crippen molar-refractivity contribution in [1.29, 1.82) is 0 Å². The molecule has 7 heteroatoms. The van der Waals surface area contributed by atoms with Crippen molar-refractivity contribution in [3.8, 4) is 28.4 Å². The number of rotatable bonds is 12. The van der Waals surface area contributed by atoms with Crippen molar-refractivity contribution in [2.75, 3.05) is 20.8 Å². The van der Waals surface area contributed by atoms with Gasteiger partial charge in [-0.25, -0.2) is 4.79 Å². The van der Waals surface area contributed by atoms with E-state index < -0.39 is 5.97 Å². The van der Waals surface area contributed by atoms with Crippen molar-refractivity contribution < 1.29 is 33.6 Å². The number of hydrogen-bond donors (Lipinski definition) is 1. The van der Waals surface area contributed by atoms with Crippen molar-refractivity contribution in [2.45, 2.75) is 52.6 Å². The minimum absolute atomic E-state index is 0.133. The molecule has 0 atom stereocenters. The minimum atomic E-state index is -0.755. The topological polar surface area (TPSA) is 91.3 Å². The Labute approximate surface area is 194 Å². The molecule has 1 N–H and O–H groups in total. The fourth-order valence-corrected chi connectivity index (χ4v) is 4.05. The second-order valence-electron chi connectivity index (χ2n) is 8.99. The Morgan fingerprint density at radius 1 is 1.00 bits per heavy atom. The zero-order chi connectivity index (χ0) is 24.0. The quantitative estimate of drug-likeness (QED) is 0.334. The monoisotopic (exact) mass is 456 g/mol. The van der Waals surface area contributed by atoms with Crippen LogP contribution < -0.4 is 14.2 Å². The number of carboxylic acid groups (broad SMARTS) is 1. The molecule has 0 amide bonds. The molecule has 1 heterocycles. The third kappa shape index (κ3) is 5.78. The van der Waals surface area contributed by atoms with E-state index in [1.54, 1.807) is 20.3 Å². The summed E-state index contributed by atoms with van der Waals surface area (Å²) in [6.45, 7) is 4.92. The fraction of sp³-hybridized carbons (Fsp3) is 0.462. The Bertz CT molecular complexity index is 1010. The van der Waals surface area contributed by atoms with Gasteiger partial charge in [-0.05, 0) is 42.0 Å². The Kier molecular flexibility index (Phi) is 7.84. The number of fused-ring (bicyclic) bond motifs is 1. The molecule has 3 rings (SSSR count). The first-order valence-electron chi connectivity index (χ1n) is 11.2. The van der Waals surface area contributed by atoms with Gasteiger partial charge < -0.3 is 24.1 Å². The third-order valence-corrected chi connectivity index (χ3v) is 5.89. The van der Waals surface area contributed by atoms with E-state index in [0.29, 0.717) is 35.8 Å². The summed E-state index contributed by atoms with van der Waals surface area (Å²) in [5.74, 6) is 0.537. The molecule has 0 radical (unpaired) electrons. The van der Waals surface area contributed by atoms with Crippen LogP contribution >= 0.6 is 0 Å². The van der Waals surface area contributed by atoms with Crippen LogP contribution in [0, 0.1) is 5.41 Å². The number of cyclic esters (lactones) is 1. The van der Waals surface area contributed by atoms with Gasteiger partial charge in [-0.15, -0.1) is 0 Å². The molecule has 33 heavy (non-hydrogen) atoms. The van der Waals surface area contributed by atoms with Crippen LogP contribution in [-0.4, -0.2) is 37.9 Å². The van der Waals surface area contributed by atoms with Crippen molar-refractivity contribution >= 4 is 11.9 Å². The average Bonchev–Trinajstić information content (AvgIpc) is 3.17. The molecular weight excluding hydrogens is 424 g/mol. The molecular formula is C26H32O7. The second-order valence-corrected chi connectivity index (χ2v) is 8.99. The molecule has 1 aliphatic rings. The number of aliphatic carboxylic acids is 1. The number of ether oxygens (including phenoxy) is 4. The van der Waals surface area contributed by atoms with Gasteiger partial charge in [0.15, 0.2) is 11.5 Å². The predicted octanol–water partition coefficient (Wildman–Crippen LogP) is 5.48. The molecule has 7 nitrogen and oxygen atoms in total. The number of carbonyl (C=O) groups is 2. The van der Waals surface area contributed by atoms with E-state index in [9.17, 15) is 9.59 Å². The Morgan fingerprint density at radius 3 is 2.45 bits per heavy atom. The predicted molar refractivity (Wildman–Crippen MR) is 124 cm³/mol. The van der Waals surface area contributed by atoms with Crippen molar-refractivity contribution in [3.05, 3.63) is 41.5 Å². The Hall–Kier alpha value is -3.22. The van der Waals surface area contributed by atoms with Crippen molar-refractivity contribution in [1.82, 2.24) is 0 Å². The highest BCUT2D eigenvalue weighted by atomic mass is 16.5. The lowest BCUT2D eigenvalue weighted by molar-refractivity contribution is -0.137. The van der Waals surface area contributed by atoms with Crippen LogP contribution in [0.3, 0.4) is 0 Å². The number of hydrogen-bond acceptors (Lipinski definition) is 6. The van der Waals surface area contributed by atoms with Crippen molar-refractivity contribution in [2.24, 2.45) is 5.41 Å². The van der Waals surface area contributed by atoms with Crippen LogP contribution in [0.15, 0.2) is 30.3 Å².